The summed E-state index contributed by atoms with van der Waals surface area (Å²) in [6.45, 7) is 4.73. The molecule has 318 valence electrons. The van der Waals surface area contributed by atoms with E-state index in [0.29, 0.717) is 35.2 Å². The molecule has 15 nitrogen and oxygen atoms in total. The van der Waals surface area contributed by atoms with Crippen LogP contribution in [0, 0.1) is 5.92 Å². The van der Waals surface area contributed by atoms with Crippen molar-refractivity contribution in [3.8, 4) is 0 Å². The first-order valence-electron chi connectivity index (χ1n) is 22.0. The smallest absolute Gasteiger partial charge is 0.264 e. The number of hydrogen-bond donors (Lipinski definition) is 3. The van der Waals surface area contributed by atoms with Gasteiger partial charge in [-0.3, -0.25) is 34.2 Å². The summed E-state index contributed by atoms with van der Waals surface area (Å²) in [7, 11) is 0. The maximum Gasteiger partial charge on any atom is 0.264 e. The van der Waals surface area contributed by atoms with Crippen molar-refractivity contribution in [2.45, 2.75) is 81.8 Å². The van der Waals surface area contributed by atoms with Gasteiger partial charge in [-0.2, -0.15) is 0 Å². The fourth-order valence-corrected chi connectivity index (χ4v) is 10.1. The van der Waals surface area contributed by atoms with Crippen molar-refractivity contribution in [3.05, 3.63) is 108 Å². The van der Waals surface area contributed by atoms with Crippen molar-refractivity contribution in [2.75, 3.05) is 42.9 Å². The minimum atomic E-state index is -0.972. The minimum absolute atomic E-state index is 0.0459. The molecule has 3 saturated heterocycles. The largest absolute Gasteiger partial charge is 0.371 e. The van der Waals surface area contributed by atoms with Crippen molar-refractivity contribution >= 4 is 57.9 Å². The van der Waals surface area contributed by atoms with E-state index in [2.05, 4.69) is 64.6 Å². The van der Waals surface area contributed by atoms with Crippen LogP contribution < -0.4 is 20.9 Å². The zero-order chi connectivity index (χ0) is 42.3. The molecule has 0 radical (unpaired) electrons. The highest BCUT2D eigenvalue weighted by atomic mass is 16.2. The highest BCUT2D eigenvalue weighted by Crippen LogP contribution is 2.38. The second kappa shape index (κ2) is 16.8. The predicted octanol–water partition coefficient (Wildman–Crippen LogP) is 5.13. The first-order chi connectivity index (χ1) is 30.3. The Kier molecular flexibility index (Phi) is 10.7. The molecule has 1 aliphatic carbocycles. The van der Waals surface area contributed by atoms with E-state index in [1.165, 1.54) is 5.56 Å². The van der Waals surface area contributed by atoms with Crippen molar-refractivity contribution < 1.29 is 24.0 Å². The number of aromatic nitrogens is 4. The number of nitrogens with one attached hydrogen (secondary N) is 3. The Hall–Kier alpha value is -6.48. The summed E-state index contributed by atoms with van der Waals surface area (Å²) in [4.78, 5) is 83.5. The van der Waals surface area contributed by atoms with Crippen molar-refractivity contribution in [3.63, 3.8) is 0 Å². The molecule has 10 rings (SSSR count). The summed E-state index contributed by atoms with van der Waals surface area (Å²) in [5.74, 6) is -0.145. The highest BCUT2D eigenvalue weighted by Gasteiger charge is 2.46. The molecule has 4 aliphatic heterocycles. The van der Waals surface area contributed by atoms with Gasteiger partial charge in [-0.1, -0.05) is 48.5 Å². The normalized spacial score (nSPS) is 22.4. The van der Waals surface area contributed by atoms with Gasteiger partial charge in [0.15, 0.2) is 17.0 Å². The Morgan fingerprint density at radius 1 is 0.790 bits per heavy atom. The quantitative estimate of drug-likeness (QED) is 0.151. The number of imide groups is 2. The van der Waals surface area contributed by atoms with Crippen LogP contribution in [0.3, 0.4) is 0 Å². The molecule has 5 aliphatic rings. The number of benzene rings is 3. The summed E-state index contributed by atoms with van der Waals surface area (Å²) < 4.78 is 2.10. The summed E-state index contributed by atoms with van der Waals surface area (Å²) in [5.41, 5.74) is 6.24. The first kappa shape index (κ1) is 39.6. The maximum absolute atomic E-state index is 13.7. The van der Waals surface area contributed by atoms with Crippen LogP contribution in [0.25, 0.3) is 11.2 Å². The van der Waals surface area contributed by atoms with Gasteiger partial charge in [0, 0.05) is 43.8 Å². The third-order valence-corrected chi connectivity index (χ3v) is 13.6. The van der Waals surface area contributed by atoms with E-state index in [1.54, 1.807) is 12.4 Å². The van der Waals surface area contributed by atoms with Gasteiger partial charge in [0.1, 0.15) is 12.4 Å². The van der Waals surface area contributed by atoms with Crippen LogP contribution in [0.5, 0.6) is 0 Å². The average Bonchev–Trinajstić information content (AvgIpc) is 3.81. The first-order valence-corrected chi connectivity index (χ1v) is 22.0. The fraction of sp³-hybridized carbons (Fsp3) is 0.404. The predicted molar refractivity (Wildman–Crippen MR) is 232 cm³/mol. The van der Waals surface area contributed by atoms with Crippen molar-refractivity contribution in [2.24, 2.45) is 5.92 Å². The molecule has 6 heterocycles. The van der Waals surface area contributed by atoms with Crippen LogP contribution in [-0.4, -0.2) is 104 Å². The Bertz CT molecular complexity index is 2520. The third kappa shape index (κ3) is 7.81. The molecule has 1 atom stereocenters. The van der Waals surface area contributed by atoms with Crippen molar-refractivity contribution in [1.82, 2.24) is 40.0 Å². The van der Waals surface area contributed by atoms with E-state index in [9.17, 15) is 24.0 Å². The van der Waals surface area contributed by atoms with Gasteiger partial charge in [0.05, 0.1) is 29.6 Å². The lowest BCUT2D eigenvalue weighted by molar-refractivity contribution is -0.136. The summed E-state index contributed by atoms with van der Waals surface area (Å²) in [6, 6.07) is 23.2. The molecule has 4 fully saturated rings. The Labute approximate surface area is 359 Å². The number of imidazole rings is 1. The number of fused-ring (bicyclic) bond motifs is 2. The number of likely N-dealkylation sites (tertiary alicyclic amines) is 1. The van der Waals surface area contributed by atoms with Crippen LogP contribution in [-0.2, 0) is 20.8 Å². The number of anilines is 3. The van der Waals surface area contributed by atoms with Gasteiger partial charge in [0.2, 0.25) is 17.7 Å². The third-order valence-electron chi connectivity index (χ3n) is 13.6. The number of carbonyl (C=O) groups excluding carboxylic acids is 5. The van der Waals surface area contributed by atoms with Crippen LogP contribution in [0.2, 0.25) is 0 Å². The number of amides is 5. The summed E-state index contributed by atoms with van der Waals surface area (Å²) >= 11 is 0. The molecule has 3 N–H and O–H groups in total. The van der Waals surface area contributed by atoms with Gasteiger partial charge in [0.25, 0.3) is 11.8 Å². The molecular weight excluding hydrogens is 785 g/mol. The van der Waals surface area contributed by atoms with E-state index in [1.807, 2.05) is 48.8 Å². The van der Waals surface area contributed by atoms with E-state index in [4.69, 9.17) is 4.98 Å². The second-order valence-electron chi connectivity index (χ2n) is 17.5. The number of hydrogen-bond acceptors (Lipinski definition) is 11. The van der Waals surface area contributed by atoms with E-state index in [0.717, 1.165) is 104 Å². The number of piperidine rings is 3. The maximum atomic E-state index is 13.7. The lowest BCUT2D eigenvalue weighted by atomic mass is 9.86. The molecule has 2 aromatic heterocycles. The molecule has 15 heteroatoms. The Morgan fingerprint density at radius 2 is 1.56 bits per heavy atom. The molecule has 0 spiro atoms. The zero-order valence-electron chi connectivity index (χ0n) is 34.5. The van der Waals surface area contributed by atoms with Gasteiger partial charge in [-0.05, 0) is 105 Å². The topological polar surface area (TPSA) is 175 Å². The molecule has 5 amide bonds. The summed E-state index contributed by atoms with van der Waals surface area (Å²) in [5, 5.41) is 8.91. The number of carbonyl (C=O) groups is 5. The SMILES string of the molecule is O=C1CC[C@H](N2C(=O)c3cccc(N4CCC(CN5CCC(c6ccc(Nc7ncnc8c7ncn8C7CC(NC(=O)Cc8ccccc8)C7)cc6)CC5)CC4)c3C2=O)C(=O)N1. The van der Waals surface area contributed by atoms with Gasteiger partial charge in [-0.25, -0.2) is 15.0 Å². The molecule has 1 saturated carbocycles. The molecule has 3 aromatic carbocycles. The number of nitrogens with zero attached hydrogens (tertiary/aromatic N) is 7. The standard InChI is InChI=1S/C47H50N10O5/c58-39-14-13-38(45(60)53-39)57-46(61)36-7-4-8-37(41(36)47(57)62)55-21-15-30(16-22-55)26-54-19-17-32(18-20-54)31-9-11-33(12-10-31)52-43-42-44(49-27-48-43)56(28-50-42)35-24-34(25-35)51-40(59)23-29-5-2-1-3-6-29/h1-12,27-28,30,32,34-35,38H,13-26H2,(H,51,59)(H,48,49,52)(H,53,58,60)/t34?,35?,38-/m0/s1. The molecule has 5 aromatic rings. The van der Waals surface area contributed by atoms with Crippen molar-refractivity contribution in [1.29, 1.82) is 0 Å². The van der Waals surface area contributed by atoms with Crippen LogP contribution in [0.15, 0.2) is 85.5 Å². The lowest BCUT2D eigenvalue weighted by Crippen LogP contribution is -2.54. The van der Waals surface area contributed by atoms with E-state index in [-0.39, 0.29) is 36.7 Å². The second-order valence-corrected chi connectivity index (χ2v) is 17.5. The fourth-order valence-electron chi connectivity index (χ4n) is 10.1. The van der Waals surface area contributed by atoms with Crippen LogP contribution in [0.4, 0.5) is 17.2 Å². The monoisotopic (exact) mass is 834 g/mol. The average molecular weight is 835 g/mol. The molecule has 0 bridgehead atoms. The molecule has 62 heavy (non-hydrogen) atoms. The van der Waals surface area contributed by atoms with E-state index >= 15 is 0 Å². The van der Waals surface area contributed by atoms with Gasteiger partial charge < -0.3 is 25.0 Å². The Balaban J connectivity index is 0.686. The Morgan fingerprint density at radius 3 is 2.32 bits per heavy atom. The molecule has 0 unspecified atom stereocenters. The highest BCUT2D eigenvalue weighted by molar-refractivity contribution is 6.25. The number of rotatable bonds is 11. The molecular formula is C47H50N10O5. The minimum Gasteiger partial charge on any atom is -0.371 e. The lowest BCUT2D eigenvalue weighted by Gasteiger charge is -2.39. The van der Waals surface area contributed by atoms with Gasteiger partial charge in [-0.15, -0.1) is 0 Å². The van der Waals surface area contributed by atoms with Gasteiger partial charge >= 0.3 is 0 Å². The van der Waals surface area contributed by atoms with E-state index < -0.39 is 23.8 Å². The van der Waals surface area contributed by atoms with Crippen LogP contribution >= 0.6 is 0 Å². The zero-order valence-corrected chi connectivity index (χ0v) is 34.5. The van der Waals surface area contributed by atoms with Crippen LogP contribution in [0.1, 0.15) is 95.2 Å². The summed E-state index contributed by atoms with van der Waals surface area (Å²) in [6.07, 6.45) is 9.89.